The van der Waals surface area contributed by atoms with Crippen LogP contribution in [0.3, 0.4) is 0 Å². The van der Waals surface area contributed by atoms with Gasteiger partial charge in [0.2, 0.25) is 0 Å². The van der Waals surface area contributed by atoms with Crippen molar-refractivity contribution in [1.82, 2.24) is 4.90 Å². The normalized spacial score (nSPS) is 24.6. The molecule has 32 heavy (non-hydrogen) atoms. The average Bonchev–Trinajstić information content (AvgIpc) is 3.09. The summed E-state index contributed by atoms with van der Waals surface area (Å²) in [4.78, 5) is 16.5. The minimum Gasteiger partial charge on any atom is -0.496 e. The van der Waals surface area contributed by atoms with Crippen LogP contribution in [0.5, 0.6) is 11.5 Å². The molecule has 1 saturated heterocycles. The van der Waals surface area contributed by atoms with E-state index in [1.54, 1.807) is 26.0 Å². The van der Waals surface area contributed by atoms with Crippen molar-refractivity contribution in [3.05, 3.63) is 57.4 Å². The molecule has 1 aliphatic heterocycles. The van der Waals surface area contributed by atoms with Gasteiger partial charge in [0.05, 0.1) is 23.6 Å². The second-order valence-corrected chi connectivity index (χ2v) is 10.2. The van der Waals surface area contributed by atoms with Gasteiger partial charge in [0.25, 0.3) is 5.91 Å². The maximum Gasteiger partial charge on any atom is 0.262 e. The van der Waals surface area contributed by atoms with Crippen LogP contribution in [0, 0.1) is 5.92 Å². The Morgan fingerprint density at radius 2 is 1.81 bits per heavy atom. The zero-order valence-electron chi connectivity index (χ0n) is 18.6. The van der Waals surface area contributed by atoms with Crippen molar-refractivity contribution >= 4 is 45.4 Å². The van der Waals surface area contributed by atoms with Crippen LogP contribution >= 0.6 is 27.7 Å². The first-order valence-electron chi connectivity index (χ1n) is 11.0. The van der Waals surface area contributed by atoms with E-state index in [4.69, 9.17) is 9.47 Å². The maximum absolute atomic E-state index is 13.7. The fraction of sp³-hybridized carbons (Fsp3) is 0.400. The number of hydrogen-bond acceptors (Lipinski definition) is 5. The number of amides is 1. The summed E-state index contributed by atoms with van der Waals surface area (Å²) >= 11 is 5.12. The molecule has 7 heteroatoms. The van der Waals surface area contributed by atoms with Crippen LogP contribution in [0.25, 0.3) is 6.08 Å². The van der Waals surface area contributed by atoms with Crippen LogP contribution in [-0.2, 0) is 4.79 Å². The van der Waals surface area contributed by atoms with Gasteiger partial charge in [-0.1, -0.05) is 49.7 Å². The Morgan fingerprint density at radius 1 is 1.09 bits per heavy atom. The second kappa shape index (κ2) is 10.2. The first-order chi connectivity index (χ1) is 15.5. The van der Waals surface area contributed by atoms with Crippen molar-refractivity contribution in [3.63, 3.8) is 0 Å². The Hall–Kier alpha value is -2.12. The SMILES string of the molecule is COc1cc(OC)c(/C=C2\SC(Nc3ccccc3)N([C@@H]3CCCC[C@@H]3C)C2=O)cc1Br. The number of nitrogens with one attached hydrogen (secondary N) is 1. The van der Waals surface area contributed by atoms with Gasteiger partial charge in [-0.05, 0) is 59.0 Å². The van der Waals surface area contributed by atoms with E-state index in [0.29, 0.717) is 22.3 Å². The number of para-hydroxylation sites is 1. The highest BCUT2D eigenvalue weighted by Crippen LogP contribution is 2.43. The van der Waals surface area contributed by atoms with E-state index in [2.05, 4.69) is 33.1 Å². The average molecular weight is 517 g/mol. The predicted molar refractivity (Wildman–Crippen MR) is 135 cm³/mol. The lowest BCUT2D eigenvalue weighted by Gasteiger charge is -2.39. The fourth-order valence-corrected chi connectivity index (χ4v) is 6.23. The van der Waals surface area contributed by atoms with Gasteiger partial charge in [0, 0.05) is 23.4 Å². The van der Waals surface area contributed by atoms with Crippen molar-refractivity contribution in [3.8, 4) is 11.5 Å². The highest BCUT2D eigenvalue weighted by Gasteiger charge is 2.43. The number of nitrogens with zero attached hydrogens (tertiary/aromatic N) is 1. The molecule has 0 radical (unpaired) electrons. The number of methoxy groups -OCH3 is 2. The number of hydrogen-bond donors (Lipinski definition) is 1. The molecular weight excluding hydrogens is 488 g/mol. The van der Waals surface area contributed by atoms with Crippen molar-refractivity contribution in [2.75, 3.05) is 19.5 Å². The largest absolute Gasteiger partial charge is 0.496 e. The number of carbonyl (C=O) groups is 1. The van der Waals surface area contributed by atoms with Gasteiger partial charge in [-0.2, -0.15) is 0 Å². The summed E-state index contributed by atoms with van der Waals surface area (Å²) < 4.78 is 11.8. The second-order valence-electron chi connectivity index (χ2n) is 8.26. The Bertz CT molecular complexity index is 998. The highest BCUT2D eigenvalue weighted by atomic mass is 79.9. The third-order valence-electron chi connectivity index (χ3n) is 6.21. The summed E-state index contributed by atoms with van der Waals surface area (Å²) in [6.07, 6.45) is 6.55. The summed E-state index contributed by atoms with van der Waals surface area (Å²) in [6.45, 7) is 2.27. The summed E-state index contributed by atoms with van der Waals surface area (Å²) in [5, 5.41) is 3.58. The van der Waals surface area contributed by atoms with E-state index < -0.39 is 0 Å². The van der Waals surface area contributed by atoms with Crippen molar-refractivity contribution < 1.29 is 14.3 Å². The highest BCUT2D eigenvalue weighted by molar-refractivity contribution is 9.10. The molecule has 0 spiro atoms. The number of thioether (sulfide) groups is 1. The monoisotopic (exact) mass is 516 g/mol. The Balaban J connectivity index is 1.69. The molecule has 1 saturated carbocycles. The van der Waals surface area contributed by atoms with E-state index in [9.17, 15) is 4.79 Å². The third kappa shape index (κ3) is 4.79. The van der Waals surface area contributed by atoms with Gasteiger partial charge in [-0.3, -0.25) is 4.79 Å². The molecule has 2 aromatic rings. The summed E-state index contributed by atoms with van der Waals surface area (Å²) in [5.74, 6) is 1.92. The summed E-state index contributed by atoms with van der Waals surface area (Å²) in [5.41, 5.74) is 1.71. The quantitative estimate of drug-likeness (QED) is 0.452. The molecule has 0 aromatic heterocycles. The Morgan fingerprint density at radius 3 is 2.50 bits per heavy atom. The Kier molecular flexibility index (Phi) is 7.36. The van der Waals surface area contributed by atoms with Gasteiger partial charge in [0.15, 0.2) is 5.50 Å². The van der Waals surface area contributed by atoms with Crippen molar-refractivity contribution in [1.29, 1.82) is 0 Å². The Labute approximate surface area is 202 Å². The van der Waals surface area contributed by atoms with E-state index in [1.165, 1.54) is 12.8 Å². The molecule has 4 rings (SSSR count). The van der Waals surface area contributed by atoms with Gasteiger partial charge in [0.1, 0.15) is 11.5 Å². The lowest BCUT2D eigenvalue weighted by Crippen LogP contribution is -2.48. The van der Waals surface area contributed by atoms with Gasteiger partial charge >= 0.3 is 0 Å². The third-order valence-corrected chi connectivity index (χ3v) is 7.95. The molecule has 1 heterocycles. The van der Waals surface area contributed by atoms with Crippen molar-refractivity contribution in [2.24, 2.45) is 5.92 Å². The molecule has 1 amide bonds. The maximum atomic E-state index is 13.7. The molecule has 3 atom stereocenters. The lowest BCUT2D eigenvalue weighted by molar-refractivity contribution is -0.129. The molecule has 5 nitrogen and oxygen atoms in total. The van der Waals surface area contributed by atoms with Crippen LogP contribution in [0.15, 0.2) is 51.8 Å². The van der Waals surface area contributed by atoms with E-state index in [0.717, 1.165) is 28.6 Å². The molecule has 0 bridgehead atoms. The fourth-order valence-electron chi connectivity index (χ4n) is 4.50. The minimum absolute atomic E-state index is 0.0798. The van der Waals surface area contributed by atoms with Crippen molar-refractivity contribution in [2.45, 2.75) is 44.1 Å². The van der Waals surface area contributed by atoms with E-state index in [1.807, 2.05) is 48.5 Å². The number of halogens is 1. The standard InChI is InChI=1S/C25H29BrN2O3S/c1-16-9-7-8-12-20(16)28-24(29)23(32-25(28)27-18-10-5-4-6-11-18)14-17-13-19(26)22(31-3)15-21(17)30-2/h4-6,10-11,13-16,20,25,27H,7-9,12H2,1-3H3/b23-14-/t16-,20+,25?/m0/s1. The lowest BCUT2D eigenvalue weighted by atomic mass is 9.85. The summed E-state index contributed by atoms with van der Waals surface area (Å²) in [6, 6.07) is 14.1. The number of carbonyl (C=O) groups excluding carboxylic acids is 1. The van der Waals surface area contributed by atoms with Crippen LogP contribution < -0.4 is 14.8 Å². The first-order valence-corrected chi connectivity index (χ1v) is 12.6. The minimum atomic E-state index is -0.144. The zero-order chi connectivity index (χ0) is 22.7. The topological polar surface area (TPSA) is 50.8 Å². The van der Waals surface area contributed by atoms with Crippen LogP contribution in [0.2, 0.25) is 0 Å². The number of ether oxygens (including phenoxy) is 2. The molecule has 170 valence electrons. The molecule has 1 unspecified atom stereocenters. The molecule has 2 aromatic carbocycles. The van der Waals surface area contributed by atoms with Gasteiger partial charge < -0.3 is 19.7 Å². The predicted octanol–water partition coefficient (Wildman–Crippen LogP) is 6.36. The summed E-state index contributed by atoms with van der Waals surface area (Å²) in [7, 11) is 3.25. The number of benzene rings is 2. The molecular formula is C25H29BrN2O3S. The molecule has 2 fully saturated rings. The van der Waals surface area contributed by atoms with Gasteiger partial charge in [-0.15, -0.1) is 0 Å². The molecule has 1 N–H and O–H groups in total. The van der Waals surface area contributed by atoms with Crippen LogP contribution in [0.4, 0.5) is 5.69 Å². The number of anilines is 1. The van der Waals surface area contributed by atoms with Crippen LogP contribution in [-0.4, -0.2) is 36.6 Å². The zero-order valence-corrected chi connectivity index (χ0v) is 21.0. The first kappa shape index (κ1) is 23.1. The molecule has 2 aliphatic rings. The smallest absolute Gasteiger partial charge is 0.262 e. The van der Waals surface area contributed by atoms with Gasteiger partial charge in [-0.25, -0.2) is 0 Å². The van der Waals surface area contributed by atoms with E-state index in [-0.39, 0.29) is 17.4 Å². The molecule has 1 aliphatic carbocycles. The van der Waals surface area contributed by atoms with E-state index >= 15 is 0 Å². The van der Waals surface area contributed by atoms with Crippen LogP contribution in [0.1, 0.15) is 38.2 Å². The number of rotatable bonds is 6.